The molecule has 0 unspecified atom stereocenters. The predicted molar refractivity (Wildman–Crippen MR) is 124 cm³/mol. The van der Waals surface area contributed by atoms with Gasteiger partial charge >= 0.3 is 11.9 Å². The Kier molecular flexibility index (Phi) is 6.88. The average molecular weight is 528 g/mol. The van der Waals surface area contributed by atoms with Gasteiger partial charge in [0, 0.05) is 22.7 Å². The number of halogens is 5. The lowest BCUT2D eigenvalue weighted by Crippen LogP contribution is -2.37. The third-order valence-corrected chi connectivity index (χ3v) is 5.46. The van der Waals surface area contributed by atoms with Crippen LogP contribution in [0.2, 0.25) is 10.0 Å². The van der Waals surface area contributed by atoms with E-state index < -0.39 is 24.5 Å². The number of anilines is 1. The van der Waals surface area contributed by atoms with Crippen LogP contribution in [0.25, 0.3) is 17.1 Å². The first-order valence-corrected chi connectivity index (χ1v) is 10.9. The molecule has 0 aliphatic heterocycles. The Hall–Kier alpha value is -3.35. The van der Waals surface area contributed by atoms with Crippen molar-refractivity contribution in [3.63, 3.8) is 0 Å². The van der Waals surface area contributed by atoms with Gasteiger partial charge in [0.15, 0.2) is 17.8 Å². The van der Waals surface area contributed by atoms with Crippen LogP contribution in [-0.4, -0.2) is 53.5 Å². The molecule has 0 saturated carbocycles. The minimum atomic E-state index is -4.92. The lowest BCUT2D eigenvalue weighted by molar-refractivity contribution is -0.207. The summed E-state index contributed by atoms with van der Waals surface area (Å²) in [5, 5.41) is 22.0. The quantitative estimate of drug-likeness (QED) is 0.380. The van der Waals surface area contributed by atoms with Gasteiger partial charge in [0.1, 0.15) is 6.54 Å². The number of nitrogens with zero attached hydrogens (tertiary/aromatic N) is 6. The standard InChI is InChI=1S/C21H18Cl2F3N7O2/c1-27-19-28-17(29-33(19)15-4-2-3-14(23)9-15)11-32-20(35)31(10-16(34)21(24,25)26)18(30-32)12-5-7-13(22)8-6-12/h2-9,16,34H,10-11H2,1H3,(H,27,28,29)/t16-/m0/s1. The molecule has 0 amide bonds. The third kappa shape index (κ3) is 5.34. The smallest absolute Gasteiger partial charge is 0.382 e. The molecule has 2 heterocycles. The second kappa shape index (κ2) is 9.72. The van der Waals surface area contributed by atoms with E-state index in [0.29, 0.717) is 27.2 Å². The lowest BCUT2D eigenvalue weighted by atomic mass is 10.2. The van der Waals surface area contributed by atoms with Crippen LogP contribution >= 0.6 is 23.2 Å². The van der Waals surface area contributed by atoms with Gasteiger partial charge < -0.3 is 10.4 Å². The van der Waals surface area contributed by atoms with E-state index in [-0.39, 0.29) is 18.2 Å². The highest BCUT2D eigenvalue weighted by atomic mass is 35.5. The molecule has 0 aliphatic rings. The number of alkyl halides is 3. The molecular weight excluding hydrogens is 510 g/mol. The van der Waals surface area contributed by atoms with Crippen LogP contribution in [0.1, 0.15) is 5.82 Å². The van der Waals surface area contributed by atoms with Gasteiger partial charge in [-0.05, 0) is 42.5 Å². The van der Waals surface area contributed by atoms with Crippen LogP contribution in [0.3, 0.4) is 0 Å². The number of nitrogens with one attached hydrogen (secondary N) is 1. The second-order valence-corrected chi connectivity index (χ2v) is 8.30. The molecule has 1 atom stereocenters. The Bertz CT molecular complexity index is 1400. The summed E-state index contributed by atoms with van der Waals surface area (Å²) in [6.07, 6.45) is -7.68. The van der Waals surface area contributed by atoms with Crippen LogP contribution < -0.4 is 11.0 Å². The van der Waals surface area contributed by atoms with Crippen LogP contribution in [-0.2, 0) is 13.1 Å². The van der Waals surface area contributed by atoms with Crippen molar-refractivity contribution in [3.05, 3.63) is 74.9 Å². The second-order valence-electron chi connectivity index (χ2n) is 7.43. The topological polar surface area (TPSA) is 103 Å². The highest BCUT2D eigenvalue weighted by Gasteiger charge is 2.39. The Morgan fingerprint density at radius 3 is 2.43 bits per heavy atom. The number of hydrogen-bond acceptors (Lipinski definition) is 6. The SMILES string of the molecule is CNc1nc(Cn2nc(-c3ccc(Cl)cc3)n(C[C@H](O)C(F)(F)F)c2=O)nn1-c1cccc(Cl)c1. The van der Waals surface area contributed by atoms with E-state index in [0.717, 1.165) is 9.25 Å². The summed E-state index contributed by atoms with van der Waals surface area (Å²) < 4.78 is 42.3. The molecule has 4 aromatic rings. The molecule has 35 heavy (non-hydrogen) atoms. The first-order chi connectivity index (χ1) is 16.6. The maximum Gasteiger partial charge on any atom is 0.416 e. The van der Waals surface area contributed by atoms with E-state index in [1.54, 1.807) is 31.3 Å². The monoisotopic (exact) mass is 527 g/mol. The first kappa shape index (κ1) is 24.8. The van der Waals surface area contributed by atoms with Gasteiger partial charge in [-0.15, -0.1) is 10.2 Å². The van der Waals surface area contributed by atoms with Crippen molar-refractivity contribution in [2.75, 3.05) is 12.4 Å². The Balaban J connectivity index is 1.75. The maximum absolute atomic E-state index is 13.0. The van der Waals surface area contributed by atoms with Crippen molar-refractivity contribution >= 4 is 29.2 Å². The molecule has 0 spiro atoms. The minimum Gasteiger partial charge on any atom is -0.382 e. The number of hydrogen-bond donors (Lipinski definition) is 2. The van der Waals surface area contributed by atoms with Gasteiger partial charge in [-0.3, -0.25) is 4.57 Å². The van der Waals surface area contributed by atoms with Crippen LogP contribution in [0.15, 0.2) is 53.3 Å². The van der Waals surface area contributed by atoms with E-state index >= 15 is 0 Å². The summed E-state index contributed by atoms with van der Waals surface area (Å²) in [6, 6.07) is 12.9. The fourth-order valence-electron chi connectivity index (χ4n) is 3.30. The molecule has 0 saturated heterocycles. The largest absolute Gasteiger partial charge is 0.416 e. The molecule has 0 aliphatic carbocycles. The van der Waals surface area contributed by atoms with E-state index in [2.05, 4.69) is 20.5 Å². The summed E-state index contributed by atoms with van der Waals surface area (Å²) >= 11 is 12.0. The van der Waals surface area contributed by atoms with Crippen molar-refractivity contribution in [1.82, 2.24) is 29.1 Å². The fraction of sp³-hybridized carbons (Fsp3) is 0.238. The molecular formula is C21H18Cl2F3N7O2. The highest BCUT2D eigenvalue weighted by Crippen LogP contribution is 2.24. The van der Waals surface area contributed by atoms with Crippen molar-refractivity contribution in [2.45, 2.75) is 25.4 Å². The zero-order chi connectivity index (χ0) is 25.3. The average Bonchev–Trinajstić information content (AvgIpc) is 3.35. The van der Waals surface area contributed by atoms with E-state index in [1.165, 1.54) is 28.9 Å². The fourth-order valence-corrected chi connectivity index (χ4v) is 3.61. The van der Waals surface area contributed by atoms with Gasteiger partial charge in [-0.25, -0.2) is 9.48 Å². The third-order valence-electron chi connectivity index (χ3n) is 4.98. The lowest BCUT2D eigenvalue weighted by Gasteiger charge is -2.15. The Morgan fingerprint density at radius 2 is 1.80 bits per heavy atom. The number of rotatable bonds is 7. The number of benzene rings is 2. The van der Waals surface area contributed by atoms with Crippen molar-refractivity contribution < 1.29 is 18.3 Å². The number of aliphatic hydroxyl groups is 1. The predicted octanol–water partition coefficient (Wildman–Crippen LogP) is 3.61. The van der Waals surface area contributed by atoms with Gasteiger partial charge in [0.05, 0.1) is 12.2 Å². The Morgan fingerprint density at radius 1 is 1.09 bits per heavy atom. The van der Waals surface area contributed by atoms with Crippen LogP contribution in [0.5, 0.6) is 0 Å². The molecule has 0 bridgehead atoms. The number of aromatic nitrogens is 6. The highest BCUT2D eigenvalue weighted by molar-refractivity contribution is 6.31. The zero-order valence-electron chi connectivity index (χ0n) is 18.0. The molecule has 184 valence electrons. The minimum absolute atomic E-state index is 0.0712. The molecule has 0 fully saturated rings. The molecule has 14 heteroatoms. The first-order valence-electron chi connectivity index (χ1n) is 10.1. The van der Waals surface area contributed by atoms with Gasteiger partial charge in [0.25, 0.3) is 0 Å². The van der Waals surface area contributed by atoms with Crippen LogP contribution in [0, 0.1) is 0 Å². The van der Waals surface area contributed by atoms with Crippen molar-refractivity contribution in [1.29, 1.82) is 0 Å². The summed E-state index contributed by atoms with van der Waals surface area (Å²) in [7, 11) is 1.63. The summed E-state index contributed by atoms with van der Waals surface area (Å²) in [5.41, 5.74) is 0.0740. The molecule has 9 nitrogen and oxygen atoms in total. The van der Waals surface area contributed by atoms with E-state index in [1.807, 2.05) is 0 Å². The summed E-state index contributed by atoms with van der Waals surface area (Å²) in [6.45, 7) is -1.27. The molecule has 2 aromatic carbocycles. The molecule has 2 N–H and O–H groups in total. The maximum atomic E-state index is 13.0. The van der Waals surface area contributed by atoms with Gasteiger partial charge in [-0.1, -0.05) is 29.3 Å². The van der Waals surface area contributed by atoms with Crippen molar-refractivity contribution in [3.8, 4) is 17.1 Å². The number of aliphatic hydroxyl groups excluding tert-OH is 1. The normalized spacial score (nSPS) is 12.7. The molecule has 2 aromatic heterocycles. The molecule has 4 rings (SSSR count). The Labute approximate surface area is 206 Å². The van der Waals surface area contributed by atoms with Crippen molar-refractivity contribution in [2.24, 2.45) is 0 Å². The van der Waals surface area contributed by atoms with Gasteiger partial charge in [0.2, 0.25) is 5.95 Å². The summed E-state index contributed by atoms with van der Waals surface area (Å²) in [5.74, 6) is 0.443. The van der Waals surface area contributed by atoms with Gasteiger partial charge in [-0.2, -0.15) is 22.8 Å². The van der Waals surface area contributed by atoms with E-state index in [9.17, 15) is 23.1 Å². The van der Waals surface area contributed by atoms with E-state index in [4.69, 9.17) is 23.2 Å². The van der Waals surface area contributed by atoms with Crippen LogP contribution in [0.4, 0.5) is 19.1 Å². The summed E-state index contributed by atoms with van der Waals surface area (Å²) in [4.78, 5) is 17.4. The molecule has 0 radical (unpaired) electrons. The zero-order valence-corrected chi connectivity index (χ0v) is 19.6.